The number of benzene rings is 3. The Morgan fingerprint density at radius 2 is 1.80 bits per heavy atom. The average molecular weight is 439 g/mol. The van der Waals surface area contributed by atoms with Gasteiger partial charge >= 0.3 is 0 Å². The van der Waals surface area contributed by atoms with Crippen molar-refractivity contribution in [1.82, 2.24) is 4.31 Å². The number of hydrogen-bond donors (Lipinski definition) is 0. The number of aliphatic imine (C=N–C) groups is 1. The highest BCUT2D eigenvalue weighted by atomic mass is 32.2. The number of para-hydroxylation sites is 1. The van der Waals surface area contributed by atoms with E-state index in [1.165, 1.54) is 16.1 Å². The highest BCUT2D eigenvalue weighted by Crippen LogP contribution is 2.38. The van der Waals surface area contributed by atoms with Crippen molar-refractivity contribution < 1.29 is 13.2 Å². The second kappa shape index (κ2) is 8.53. The van der Waals surface area contributed by atoms with Gasteiger partial charge in [0.25, 0.3) is 10.0 Å². The second-order valence-electron chi connectivity index (χ2n) is 6.68. The fourth-order valence-electron chi connectivity index (χ4n) is 3.44. The quantitative estimate of drug-likeness (QED) is 0.405. The summed E-state index contributed by atoms with van der Waals surface area (Å²) in [5.41, 5.74) is 2.75. The second-order valence-corrected chi connectivity index (χ2v) is 9.75. The normalized spacial score (nSPS) is 15.1. The molecule has 0 bridgehead atoms. The maximum absolute atomic E-state index is 13.0. The zero-order valence-corrected chi connectivity index (χ0v) is 18.4. The van der Waals surface area contributed by atoms with Crippen LogP contribution in [0, 0.1) is 0 Å². The van der Waals surface area contributed by atoms with Crippen LogP contribution in [0.3, 0.4) is 0 Å². The molecule has 4 rings (SSSR count). The van der Waals surface area contributed by atoms with Crippen LogP contribution in [-0.2, 0) is 16.6 Å². The van der Waals surface area contributed by atoms with E-state index in [-0.39, 0.29) is 6.54 Å². The first-order valence-electron chi connectivity index (χ1n) is 9.62. The minimum Gasteiger partial charge on any atom is -0.457 e. The first-order valence-corrected chi connectivity index (χ1v) is 12.0. The Morgan fingerprint density at radius 3 is 2.53 bits per heavy atom. The third-order valence-corrected chi connectivity index (χ3v) is 7.69. The molecule has 1 aliphatic heterocycles. The number of sulfonamides is 1. The van der Waals surface area contributed by atoms with Crippen molar-refractivity contribution >= 4 is 27.0 Å². The Hall–Kier alpha value is -2.77. The van der Waals surface area contributed by atoms with E-state index in [4.69, 9.17) is 4.74 Å². The van der Waals surface area contributed by atoms with Crippen LogP contribution >= 0.6 is 11.8 Å². The molecule has 154 valence electrons. The summed E-state index contributed by atoms with van der Waals surface area (Å²) in [6.07, 6.45) is 0. The van der Waals surface area contributed by atoms with E-state index >= 15 is 0 Å². The summed E-state index contributed by atoms with van der Waals surface area (Å²) in [4.78, 5) is 4.48. The molecule has 3 aromatic rings. The molecule has 0 radical (unpaired) electrons. The summed E-state index contributed by atoms with van der Waals surface area (Å²) in [5, 5.41) is 0.505. The number of rotatable bonds is 4. The number of fused-ring (bicyclic) bond motifs is 1. The van der Waals surface area contributed by atoms with E-state index in [2.05, 4.69) is 4.99 Å². The van der Waals surface area contributed by atoms with Crippen molar-refractivity contribution in [2.24, 2.45) is 4.99 Å². The lowest BCUT2D eigenvalue weighted by molar-refractivity contribution is 0.482. The Kier molecular flexibility index (Phi) is 5.83. The van der Waals surface area contributed by atoms with Gasteiger partial charge in [0.1, 0.15) is 11.5 Å². The lowest BCUT2D eigenvalue weighted by Crippen LogP contribution is -2.29. The molecule has 1 aliphatic rings. The lowest BCUT2D eigenvalue weighted by atomic mass is 10.0. The van der Waals surface area contributed by atoms with Gasteiger partial charge in [0, 0.05) is 12.6 Å². The van der Waals surface area contributed by atoms with E-state index in [0.717, 1.165) is 22.6 Å². The van der Waals surface area contributed by atoms with E-state index in [0.29, 0.717) is 21.4 Å². The number of amidine groups is 1. The molecule has 0 atom stereocenters. The Balaban J connectivity index is 1.66. The van der Waals surface area contributed by atoms with Gasteiger partial charge in [-0.05, 0) is 41.1 Å². The van der Waals surface area contributed by atoms with Crippen molar-refractivity contribution in [3.8, 4) is 22.6 Å². The SMILES string of the molecule is CCSC(=NC)N1Cc2cc(Oc3ccccc3-c3ccccc3)ccc2S1(=O)=O. The predicted molar refractivity (Wildman–Crippen MR) is 123 cm³/mol. The third-order valence-electron chi connectivity index (χ3n) is 4.79. The zero-order chi connectivity index (χ0) is 21.1. The molecule has 5 nitrogen and oxygen atoms in total. The number of ether oxygens (including phenoxy) is 1. The van der Waals surface area contributed by atoms with Crippen LogP contribution in [0.25, 0.3) is 11.1 Å². The van der Waals surface area contributed by atoms with Gasteiger partial charge in [-0.15, -0.1) is 0 Å². The molecule has 0 unspecified atom stereocenters. The van der Waals surface area contributed by atoms with Gasteiger partial charge in [0.05, 0.1) is 11.4 Å². The molecule has 0 saturated heterocycles. The molecule has 0 fully saturated rings. The first kappa shape index (κ1) is 20.5. The minimum absolute atomic E-state index is 0.259. The van der Waals surface area contributed by atoms with Gasteiger partial charge in [-0.25, -0.2) is 12.7 Å². The van der Waals surface area contributed by atoms with Crippen LogP contribution in [0.1, 0.15) is 12.5 Å². The zero-order valence-electron chi connectivity index (χ0n) is 16.8. The Bertz CT molecular complexity index is 1190. The smallest absolute Gasteiger partial charge is 0.266 e. The number of nitrogens with zero attached hydrogens (tertiary/aromatic N) is 2. The van der Waals surface area contributed by atoms with Crippen molar-refractivity contribution in [3.63, 3.8) is 0 Å². The van der Waals surface area contributed by atoms with Crippen LogP contribution in [0.4, 0.5) is 0 Å². The Morgan fingerprint density at radius 1 is 1.07 bits per heavy atom. The highest BCUT2D eigenvalue weighted by molar-refractivity contribution is 8.14. The molecule has 0 N–H and O–H groups in total. The minimum atomic E-state index is -3.59. The van der Waals surface area contributed by atoms with Crippen LogP contribution in [0.5, 0.6) is 11.5 Å². The fourth-order valence-corrected chi connectivity index (χ4v) is 6.02. The van der Waals surface area contributed by atoms with Gasteiger partial charge in [-0.1, -0.05) is 67.2 Å². The third kappa shape index (κ3) is 3.82. The van der Waals surface area contributed by atoms with E-state index in [1.807, 2.05) is 61.5 Å². The summed E-state index contributed by atoms with van der Waals surface area (Å²) in [6, 6.07) is 23.0. The molecule has 30 heavy (non-hydrogen) atoms. The molecule has 0 spiro atoms. The van der Waals surface area contributed by atoms with Gasteiger partial charge in [0.2, 0.25) is 0 Å². The summed E-state index contributed by atoms with van der Waals surface area (Å²) in [6.45, 7) is 2.23. The topological polar surface area (TPSA) is 59.0 Å². The summed E-state index contributed by atoms with van der Waals surface area (Å²) >= 11 is 1.42. The molecule has 7 heteroatoms. The Labute approximate surface area is 181 Å². The van der Waals surface area contributed by atoms with Crippen molar-refractivity contribution in [2.75, 3.05) is 12.8 Å². The number of thioether (sulfide) groups is 1. The first-order chi connectivity index (χ1) is 14.5. The molecule has 0 saturated carbocycles. The summed E-state index contributed by atoms with van der Waals surface area (Å²) in [5.74, 6) is 2.07. The summed E-state index contributed by atoms with van der Waals surface area (Å²) < 4.78 is 33.5. The van der Waals surface area contributed by atoms with Crippen molar-refractivity contribution in [2.45, 2.75) is 18.4 Å². The summed E-state index contributed by atoms with van der Waals surface area (Å²) in [7, 11) is -1.98. The maximum atomic E-state index is 13.0. The van der Waals surface area contributed by atoms with Gasteiger partial charge < -0.3 is 4.74 Å². The largest absolute Gasteiger partial charge is 0.457 e. The van der Waals surface area contributed by atoms with Crippen molar-refractivity contribution in [3.05, 3.63) is 78.4 Å². The van der Waals surface area contributed by atoms with Crippen LogP contribution in [-0.4, -0.2) is 30.7 Å². The molecule has 0 amide bonds. The lowest BCUT2D eigenvalue weighted by Gasteiger charge is -2.17. The molecule has 0 aromatic heterocycles. The highest BCUT2D eigenvalue weighted by Gasteiger charge is 2.37. The average Bonchev–Trinajstić information content (AvgIpc) is 3.03. The van der Waals surface area contributed by atoms with Gasteiger partial charge in [-0.2, -0.15) is 0 Å². The van der Waals surface area contributed by atoms with E-state index in [1.54, 1.807) is 25.2 Å². The van der Waals surface area contributed by atoms with Crippen LogP contribution in [0.2, 0.25) is 0 Å². The van der Waals surface area contributed by atoms with Crippen LogP contribution in [0.15, 0.2) is 82.7 Å². The fraction of sp³-hybridized carbons (Fsp3) is 0.174. The van der Waals surface area contributed by atoms with Gasteiger partial charge in [0.15, 0.2) is 5.17 Å². The van der Waals surface area contributed by atoms with E-state index in [9.17, 15) is 8.42 Å². The monoisotopic (exact) mass is 438 g/mol. The van der Waals surface area contributed by atoms with Gasteiger partial charge in [-0.3, -0.25) is 4.99 Å². The molecule has 3 aromatic carbocycles. The van der Waals surface area contributed by atoms with Crippen molar-refractivity contribution in [1.29, 1.82) is 0 Å². The predicted octanol–water partition coefficient (Wildman–Crippen LogP) is 5.39. The molecular weight excluding hydrogens is 416 g/mol. The molecular formula is C23H22N2O3S2. The number of hydrogen-bond acceptors (Lipinski definition) is 5. The molecule has 0 aliphatic carbocycles. The van der Waals surface area contributed by atoms with E-state index < -0.39 is 10.0 Å². The van der Waals surface area contributed by atoms with Crippen LogP contribution < -0.4 is 4.74 Å². The molecule has 1 heterocycles. The standard InChI is InChI=1S/C23H22N2O3S2/c1-3-29-23(24-2)25-16-18-15-19(13-14-22(18)30(25,26)27)28-21-12-8-7-11-20(21)17-9-5-4-6-10-17/h4-15H,3,16H2,1-2H3. The maximum Gasteiger partial charge on any atom is 0.266 e.